The molecule has 1 fully saturated rings. The molecule has 98 valence electrons. The van der Waals surface area contributed by atoms with Gasteiger partial charge in [0, 0.05) is 13.7 Å². The third kappa shape index (κ3) is 3.33. The summed E-state index contributed by atoms with van der Waals surface area (Å²) in [7, 11) is 1.88. The van der Waals surface area contributed by atoms with Crippen LogP contribution in [0.4, 0.5) is 0 Å². The number of benzene rings is 1. The van der Waals surface area contributed by atoms with Crippen molar-refractivity contribution in [2.45, 2.75) is 32.2 Å². The molecule has 3 nitrogen and oxygen atoms in total. The Morgan fingerprint density at radius 2 is 2.11 bits per heavy atom. The molecule has 1 amide bonds. The van der Waals surface area contributed by atoms with Crippen molar-refractivity contribution in [3.8, 4) is 0 Å². The maximum Gasteiger partial charge on any atom is 0.227 e. The average Bonchev–Trinajstić information content (AvgIpc) is 2.41. The minimum atomic E-state index is 0.175. The second-order valence-electron chi connectivity index (χ2n) is 5.04. The van der Waals surface area contributed by atoms with Crippen LogP contribution in [0.2, 0.25) is 0 Å². The van der Waals surface area contributed by atoms with Gasteiger partial charge in [-0.2, -0.15) is 0 Å². The van der Waals surface area contributed by atoms with E-state index in [4.69, 9.17) is 4.74 Å². The van der Waals surface area contributed by atoms with Gasteiger partial charge in [0.2, 0.25) is 5.91 Å². The maximum atomic E-state index is 12.2. The zero-order chi connectivity index (χ0) is 13.0. The third-order valence-electron chi connectivity index (χ3n) is 3.55. The zero-order valence-corrected chi connectivity index (χ0v) is 11.2. The molecule has 0 radical (unpaired) electrons. The van der Waals surface area contributed by atoms with E-state index in [9.17, 15) is 4.79 Å². The minimum Gasteiger partial charge on any atom is -0.379 e. The molecule has 0 aliphatic carbocycles. The Bertz CT molecular complexity index is 393. The van der Waals surface area contributed by atoms with Crippen molar-refractivity contribution in [3.05, 3.63) is 35.4 Å². The number of carbonyl (C=O) groups is 1. The van der Waals surface area contributed by atoms with Crippen LogP contribution in [0, 0.1) is 6.92 Å². The predicted octanol–water partition coefficient (Wildman–Crippen LogP) is 2.17. The van der Waals surface area contributed by atoms with Gasteiger partial charge in [0.25, 0.3) is 0 Å². The molecule has 2 rings (SSSR count). The molecule has 0 N–H and O–H groups in total. The summed E-state index contributed by atoms with van der Waals surface area (Å²) in [5.41, 5.74) is 2.30. The predicted molar refractivity (Wildman–Crippen MR) is 71.5 cm³/mol. The van der Waals surface area contributed by atoms with E-state index in [1.807, 2.05) is 36.2 Å². The van der Waals surface area contributed by atoms with Gasteiger partial charge in [0.05, 0.1) is 19.1 Å². The SMILES string of the molecule is Cc1ccc(CC(=O)N(C)C2CCCOC2)cc1. The van der Waals surface area contributed by atoms with Crippen molar-refractivity contribution in [2.75, 3.05) is 20.3 Å². The highest BCUT2D eigenvalue weighted by atomic mass is 16.5. The Morgan fingerprint density at radius 3 is 2.72 bits per heavy atom. The van der Waals surface area contributed by atoms with Crippen molar-refractivity contribution in [1.29, 1.82) is 0 Å². The summed E-state index contributed by atoms with van der Waals surface area (Å²) in [6.07, 6.45) is 2.58. The van der Waals surface area contributed by atoms with E-state index in [1.54, 1.807) is 0 Å². The first-order valence-electron chi connectivity index (χ1n) is 6.56. The largest absolute Gasteiger partial charge is 0.379 e. The number of aryl methyl sites for hydroxylation is 1. The smallest absolute Gasteiger partial charge is 0.227 e. The molecule has 1 unspecified atom stereocenters. The molecule has 0 bridgehead atoms. The monoisotopic (exact) mass is 247 g/mol. The molecule has 1 aromatic rings. The van der Waals surface area contributed by atoms with Crippen molar-refractivity contribution in [1.82, 2.24) is 4.90 Å². The fourth-order valence-electron chi connectivity index (χ4n) is 2.24. The van der Waals surface area contributed by atoms with E-state index >= 15 is 0 Å². The molecule has 0 spiro atoms. The third-order valence-corrected chi connectivity index (χ3v) is 3.55. The van der Waals surface area contributed by atoms with Crippen molar-refractivity contribution < 1.29 is 9.53 Å². The van der Waals surface area contributed by atoms with Crippen LogP contribution in [-0.4, -0.2) is 37.1 Å². The van der Waals surface area contributed by atoms with E-state index in [1.165, 1.54) is 5.56 Å². The average molecular weight is 247 g/mol. The van der Waals surface area contributed by atoms with E-state index in [2.05, 4.69) is 6.92 Å². The summed E-state index contributed by atoms with van der Waals surface area (Å²) in [6.45, 7) is 3.56. The molecular formula is C15H21NO2. The van der Waals surface area contributed by atoms with Gasteiger partial charge in [-0.25, -0.2) is 0 Å². The van der Waals surface area contributed by atoms with E-state index < -0.39 is 0 Å². The number of rotatable bonds is 3. The number of hydrogen-bond acceptors (Lipinski definition) is 2. The van der Waals surface area contributed by atoms with Gasteiger partial charge in [-0.1, -0.05) is 29.8 Å². The number of hydrogen-bond donors (Lipinski definition) is 0. The van der Waals surface area contributed by atoms with Crippen molar-refractivity contribution in [2.24, 2.45) is 0 Å². The lowest BCUT2D eigenvalue weighted by Gasteiger charge is -2.31. The van der Waals surface area contributed by atoms with Crippen LogP contribution >= 0.6 is 0 Å². The lowest BCUT2D eigenvalue weighted by atomic mass is 10.1. The molecule has 3 heteroatoms. The Balaban J connectivity index is 1.92. The lowest BCUT2D eigenvalue weighted by molar-refractivity contribution is -0.133. The van der Waals surface area contributed by atoms with Crippen LogP contribution in [0.15, 0.2) is 24.3 Å². The number of amides is 1. The molecule has 1 heterocycles. The second kappa shape index (κ2) is 6.01. The Morgan fingerprint density at radius 1 is 1.39 bits per heavy atom. The van der Waals surface area contributed by atoms with E-state index in [0.717, 1.165) is 25.0 Å². The van der Waals surface area contributed by atoms with Gasteiger partial charge >= 0.3 is 0 Å². The van der Waals surface area contributed by atoms with Gasteiger partial charge in [-0.15, -0.1) is 0 Å². The van der Waals surface area contributed by atoms with Crippen LogP contribution in [0.1, 0.15) is 24.0 Å². The first-order valence-corrected chi connectivity index (χ1v) is 6.56. The summed E-state index contributed by atoms with van der Waals surface area (Å²) in [6, 6.07) is 8.40. The first-order chi connectivity index (χ1) is 8.66. The summed E-state index contributed by atoms with van der Waals surface area (Å²) in [4.78, 5) is 14.0. The molecular weight excluding hydrogens is 226 g/mol. The van der Waals surface area contributed by atoms with Gasteiger partial charge in [0.1, 0.15) is 0 Å². The Hall–Kier alpha value is -1.35. The van der Waals surface area contributed by atoms with E-state index in [-0.39, 0.29) is 11.9 Å². The van der Waals surface area contributed by atoms with Crippen LogP contribution in [-0.2, 0) is 16.0 Å². The highest BCUT2D eigenvalue weighted by Gasteiger charge is 2.22. The molecule has 1 aromatic carbocycles. The highest BCUT2D eigenvalue weighted by Crippen LogP contribution is 2.13. The van der Waals surface area contributed by atoms with Gasteiger partial charge < -0.3 is 9.64 Å². The van der Waals surface area contributed by atoms with Gasteiger partial charge in [0.15, 0.2) is 0 Å². The number of likely N-dealkylation sites (N-methyl/N-ethyl adjacent to an activating group) is 1. The summed E-state index contributed by atoms with van der Waals surface area (Å²) < 4.78 is 5.43. The number of carbonyl (C=O) groups excluding carboxylic acids is 1. The minimum absolute atomic E-state index is 0.175. The maximum absolute atomic E-state index is 12.2. The van der Waals surface area contributed by atoms with Crippen LogP contribution in [0.25, 0.3) is 0 Å². The fraction of sp³-hybridized carbons (Fsp3) is 0.533. The summed E-state index contributed by atoms with van der Waals surface area (Å²) in [5.74, 6) is 0.175. The Kier molecular flexibility index (Phi) is 4.37. The van der Waals surface area contributed by atoms with Gasteiger partial charge in [-0.05, 0) is 25.3 Å². The molecule has 1 saturated heterocycles. The number of ether oxygens (including phenoxy) is 1. The summed E-state index contributed by atoms with van der Waals surface area (Å²) in [5, 5.41) is 0. The molecule has 0 aromatic heterocycles. The quantitative estimate of drug-likeness (QED) is 0.819. The standard InChI is InChI=1S/C15H21NO2/c1-12-5-7-13(8-6-12)10-15(17)16(2)14-4-3-9-18-11-14/h5-8,14H,3-4,9-11H2,1-2H3. The van der Waals surface area contributed by atoms with Crippen molar-refractivity contribution in [3.63, 3.8) is 0 Å². The molecule has 1 aliphatic rings. The topological polar surface area (TPSA) is 29.5 Å². The van der Waals surface area contributed by atoms with Crippen LogP contribution < -0.4 is 0 Å². The number of nitrogens with zero attached hydrogens (tertiary/aromatic N) is 1. The second-order valence-corrected chi connectivity index (χ2v) is 5.04. The molecule has 1 atom stereocenters. The Labute approximate surface area is 109 Å². The molecule has 1 aliphatic heterocycles. The lowest BCUT2D eigenvalue weighted by Crippen LogP contribution is -2.42. The molecule has 18 heavy (non-hydrogen) atoms. The van der Waals surface area contributed by atoms with Crippen molar-refractivity contribution >= 4 is 5.91 Å². The van der Waals surface area contributed by atoms with Gasteiger partial charge in [-0.3, -0.25) is 4.79 Å². The zero-order valence-electron chi connectivity index (χ0n) is 11.2. The summed E-state index contributed by atoms with van der Waals surface area (Å²) >= 11 is 0. The van der Waals surface area contributed by atoms with Crippen LogP contribution in [0.5, 0.6) is 0 Å². The molecule has 0 saturated carbocycles. The first kappa shape index (κ1) is 13.1. The van der Waals surface area contributed by atoms with E-state index in [0.29, 0.717) is 13.0 Å². The fourth-order valence-corrected chi connectivity index (χ4v) is 2.24. The highest BCUT2D eigenvalue weighted by molar-refractivity contribution is 5.78. The normalized spacial score (nSPS) is 19.6. The van der Waals surface area contributed by atoms with Crippen LogP contribution in [0.3, 0.4) is 0 Å².